The van der Waals surface area contributed by atoms with Crippen LogP contribution in [0.5, 0.6) is 0 Å². The first-order valence-corrected chi connectivity index (χ1v) is 14.8. The van der Waals surface area contributed by atoms with Crippen LogP contribution in [0, 0.1) is 29.6 Å². The number of hydrogen-bond acceptors (Lipinski definition) is 5. The molecule has 0 radical (unpaired) electrons. The number of epoxide rings is 1. The molecule has 5 fully saturated rings. The summed E-state index contributed by atoms with van der Waals surface area (Å²) in [6, 6.07) is 20.2. The van der Waals surface area contributed by atoms with Crippen LogP contribution in [-0.4, -0.2) is 52.9 Å². The number of aliphatic hydroxyl groups is 1. The number of piperidine rings is 1. The summed E-state index contributed by atoms with van der Waals surface area (Å²) in [7, 11) is 0. The normalized spacial score (nSPS) is 39.1. The van der Waals surface area contributed by atoms with Crippen LogP contribution in [-0.2, 0) is 19.9 Å². The Labute approximate surface area is 226 Å². The first kappa shape index (κ1) is 24.8. The summed E-state index contributed by atoms with van der Waals surface area (Å²) in [5.41, 5.74) is 0.383. The Kier molecular flexibility index (Phi) is 5.81. The van der Waals surface area contributed by atoms with Gasteiger partial charge >= 0.3 is 5.97 Å². The maximum atomic E-state index is 13.5. The molecule has 2 aliphatic carbocycles. The summed E-state index contributed by atoms with van der Waals surface area (Å²) in [6.45, 7) is 7.09. The first-order chi connectivity index (χ1) is 18.4. The first-order valence-electron chi connectivity index (χ1n) is 14.8. The van der Waals surface area contributed by atoms with Gasteiger partial charge in [0.25, 0.3) is 0 Å². The summed E-state index contributed by atoms with van der Waals surface area (Å²) in [5, 5.41) is 12.3. The zero-order valence-corrected chi connectivity index (χ0v) is 22.7. The SMILES string of the molecule is C[C@H]1CC[C@@H]2[C@H](CN3CCC(C(O)(c4ccccc4)c4ccccc4)CC3)C(=O)O[C@@]23[C@H]1CC[C@]1(C)O[C@@H]31. The summed E-state index contributed by atoms with van der Waals surface area (Å²) >= 11 is 0. The molecule has 2 aromatic carbocycles. The molecular formula is C33H41NO4. The van der Waals surface area contributed by atoms with Crippen LogP contribution >= 0.6 is 0 Å². The Hall–Kier alpha value is -2.21. The molecule has 5 nitrogen and oxygen atoms in total. The second kappa shape index (κ2) is 8.90. The van der Waals surface area contributed by atoms with Gasteiger partial charge in [-0.1, -0.05) is 67.6 Å². The average Bonchev–Trinajstić information content (AvgIpc) is 3.58. The number of ether oxygens (including phenoxy) is 2. The molecule has 1 spiro atoms. The molecule has 2 saturated carbocycles. The number of nitrogens with zero attached hydrogens (tertiary/aromatic N) is 1. The van der Waals surface area contributed by atoms with E-state index in [0.717, 1.165) is 62.9 Å². The van der Waals surface area contributed by atoms with Crippen molar-refractivity contribution in [2.24, 2.45) is 29.6 Å². The van der Waals surface area contributed by atoms with Gasteiger partial charge in [-0.3, -0.25) is 4.79 Å². The van der Waals surface area contributed by atoms with E-state index >= 15 is 0 Å². The van der Waals surface area contributed by atoms with E-state index in [2.05, 4.69) is 18.7 Å². The lowest BCUT2D eigenvalue weighted by molar-refractivity contribution is -0.168. The summed E-state index contributed by atoms with van der Waals surface area (Å²) in [4.78, 5) is 15.9. The summed E-state index contributed by atoms with van der Waals surface area (Å²) in [6.07, 6.45) is 6.28. The number of fused-ring (bicyclic) bond motifs is 1. The van der Waals surface area contributed by atoms with Crippen LogP contribution in [0.1, 0.15) is 63.5 Å². The Bertz CT molecular complexity index is 1140. The highest BCUT2D eigenvalue weighted by Gasteiger charge is 2.77. The standard InChI is InChI=1S/C33H41NO4/c1-22-13-14-28-26(29(35)37-33(28)27(22)15-18-31(2)30(33)38-31)21-34-19-16-25(17-20-34)32(36,23-9-5-3-6-10-23)24-11-7-4-8-12-24/h3-12,22,25-28,30,36H,13-21H2,1-2H3/t22-,26-,27-,28+,30+,31-,33-/m0/s1. The van der Waals surface area contributed by atoms with Crippen molar-refractivity contribution in [3.05, 3.63) is 71.8 Å². The van der Waals surface area contributed by atoms with E-state index in [1.165, 1.54) is 6.42 Å². The minimum absolute atomic E-state index is 0.000972. The highest BCUT2D eigenvalue weighted by atomic mass is 16.7. The van der Waals surface area contributed by atoms with Crippen molar-refractivity contribution in [2.75, 3.05) is 19.6 Å². The molecule has 1 N–H and O–H groups in total. The van der Waals surface area contributed by atoms with Gasteiger partial charge in [0.1, 0.15) is 17.3 Å². The predicted molar refractivity (Wildman–Crippen MR) is 145 cm³/mol. The summed E-state index contributed by atoms with van der Waals surface area (Å²) < 4.78 is 12.8. The van der Waals surface area contributed by atoms with Crippen molar-refractivity contribution in [1.29, 1.82) is 0 Å². The van der Waals surface area contributed by atoms with Gasteiger partial charge in [0, 0.05) is 18.4 Å². The predicted octanol–water partition coefficient (Wildman–Crippen LogP) is 5.16. The van der Waals surface area contributed by atoms with Gasteiger partial charge < -0.3 is 19.5 Å². The highest BCUT2D eigenvalue weighted by molar-refractivity contribution is 5.77. The molecule has 5 aliphatic rings. The van der Waals surface area contributed by atoms with Crippen LogP contribution < -0.4 is 0 Å². The molecule has 0 aromatic heterocycles. The highest BCUT2D eigenvalue weighted by Crippen LogP contribution is 2.66. The molecule has 0 amide bonds. The van der Waals surface area contributed by atoms with Gasteiger partial charge in [-0.15, -0.1) is 0 Å². The molecule has 7 rings (SSSR count). The number of carbonyl (C=O) groups is 1. The molecule has 7 atom stereocenters. The van der Waals surface area contributed by atoms with Crippen LogP contribution in [0.4, 0.5) is 0 Å². The van der Waals surface area contributed by atoms with Gasteiger partial charge in [-0.25, -0.2) is 0 Å². The summed E-state index contributed by atoms with van der Waals surface area (Å²) in [5.74, 6) is 1.30. The number of benzene rings is 2. The lowest BCUT2D eigenvalue weighted by Gasteiger charge is -2.50. The maximum absolute atomic E-state index is 13.5. The van der Waals surface area contributed by atoms with Crippen LogP contribution in [0.2, 0.25) is 0 Å². The monoisotopic (exact) mass is 515 g/mol. The van der Waals surface area contributed by atoms with E-state index in [4.69, 9.17) is 9.47 Å². The largest absolute Gasteiger partial charge is 0.455 e. The molecule has 3 aliphatic heterocycles. The van der Waals surface area contributed by atoms with Gasteiger partial charge in [-0.05, 0) is 81.5 Å². The fourth-order valence-electron chi connectivity index (χ4n) is 9.10. The van der Waals surface area contributed by atoms with Crippen molar-refractivity contribution in [1.82, 2.24) is 4.90 Å². The number of likely N-dealkylation sites (tertiary alicyclic amines) is 1. The minimum Gasteiger partial charge on any atom is -0.455 e. The zero-order valence-electron chi connectivity index (χ0n) is 22.7. The van der Waals surface area contributed by atoms with E-state index in [-0.39, 0.29) is 35.4 Å². The number of rotatable bonds is 5. The number of esters is 1. The fourth-order valence-corrected chi connectivity index (χ4v) is 9.10. The van der Waals surface area contributed by atoms with Gasteiger partial charge in [0.15, 0.2) is 0 Å². The van der Waals surface area contributed by atoms with Crippen molar-refractivity contribution in [2.45, 2.75) is 75.3 Å². The third-order valence-electron chi connectivity index (χ3n) is 11.2. The topological polar surface area (TPSA) is 62.3 Å². The van der Waals surface area contributed by atoms with Crippen LogP contribution in [0.3, 0.4) is 0 Å². The second-order valence-electron chi connectivity index (χ2n) is 13.1. The number of hydrogen-bond donors (Lipinski definition) is 1. The molecule has 5 heteroatoms. The van der Waals surface area contributed by atoms with E-state index in [1.54, 1.807) is 0 Å². The number of carbonyl (C=O) groups excluding carboxylic acids is 1. The average molecular weight is 516 g/mol. The van der Waals surface area contributed by atoms with Crippen molar-refractivity contribution >= 4 is 5.97 Å². The van der Waals surface area contributed by atoms with Crippen molar-refractivity contribution < 1.29 is 19.4 Å². The maximum Gasteiger partial charge on any atom is 0.311 e. The molecule has 2 aromatic rings. The third kappa shape index (κ3) is 3.58. The van der Waals surface area contributed by atoms with Crippen LogP contribution in [0.25, 0.3) is 0 Å². The fraction of sp³-hybridized carbons (Fsp3) is 0.606. The zero-order chi connectivity index (χ0) is 26.1. The minimum atomic E-state index is -1.02. The Morgan fingerprint density at radius 3 is 2.18 bits per heavy atom. The quantitative estimate of drug-likeness (QED) is 0.440. The Morgan fingerprint density at radius 1 is 0.921 bits per heavy atom. The molecule has 0 unspecified atom stereocenters. The molecular weight excluding hydrogens is 474 g/mol. The molecule has 38 heavy (non-hydrogen) atoms. The van der Waals surface area contributed by atoms with Crippen molar-refractivity contribution in [3.63, 3.8) is 0 Å². The third-order valence-corrected chi connectivity index (χ3v) is 11.2. The lowest BCUT2D eigenvalue weighted by atomic mass is 9.55. The Balaban J connectivity index is 1.09. The van der Waals surface area contributed by atoms with Gasteiger partial charge in [0.05, 0.1) is 11.5 Å². The van der Waals surface area contributed by atoms with Crippen molar-refractivity contribution in [3.8, 4) is 0 Å². The van der Waals surface area contributed by atoms with Crippen LogP contribution in [0.15, 0.2) is 60.7 Å². The second-order valence-corrected chi connectivity index (χ2v) is 13.1. The Morgan fingerprint density at radius 2 is 1.55 bits per heavy atom. The lowest BCUT2D eigenvalue weighted by Crippen LogP contribution is -2.58. The van der Waals surface area contributed by atoms with Gasteiger partial charge in [-0.2, -0.15) is 0 Å². The van der Waals surface area contributed by atoms with E-state index in [1.807, 2.05) is 60.7 Å². The molecule has 3 saturated heterocycles. The smallest absolute Gasteiger partial charge is 0.311 e. The molecule has 3 heterocycles. The molecule has 0 bridgehead atoms. The van der Waals surface area contributed by atoms with Gasteiger partial charge in [0.2, 0.25) is 0 Å². The van der Waals surface area contributed by atoms with E-state index in [9.17, 15) is 9.90 Å². The van der Waals surface area contributed by atoms with E-state index in [0.29, 0.717) is 11.8 Å². The molecule has 202 valence electrons. The van der Waals surface area contributed by atoms with E-state index < -0.39 is 11.2 Å².